The molecule has 4 rings (SSSR count). The SMILES string of the molecule is O=C(/C=C/c1cccc([N+](=O)[O-])c1)C1C(=O)NC2CCC(Cl)CC2C1c1ccccc1. The molecule has 7 heteroatoms. The molecule has 2 aliphatic rings. The number of nitrogens with one attached hydrogen (secondary N) is 1. The van der Waals surface area contributed by atoms with Gasteiger partial charge in [-0.3, -0.25) is 19.7 Å². The Hall–Kier alpha value is -2.99. The molecule has 1 heterocycles. The van der Waals surface area contributed by atoms with E-state index >= 15 is 0 Å². The number of piperidine rings is 1. The number of ketones is 1. The molecular formula is C24H23ClN2O4. The van der Waals surface area contributed by atoms with Gasteiger partial charge < -0.3 is 5.32 Å². The van der Waals surface area contributed by atoms with Crippen LogP contribution in [-0.2, 0) is 9.59 Å². The Morgan fingerprint density at radius 1 is 1.13 bits per heavy atom. The molecule has 2 aromatic carbocycles. The summed E-state index contributed by atoms with van der Waals surface area (Å²) in [5.74, 6) is -1.62. The number of nitro groups is 1. The first-order valence-corrected chi connectivity index (χ1v) is 10.8. The average molecular weight is 439 g/mol. The average Bonchev–Trinajstić information content (AvgIpc) is 2.77. The minimum absolute atomic E-state index is 0.0116. The van der Waals surface area contributed by atoms with Crippen LogP contribution in [0, 0.1) is 22.0 Å². The van der Waals surface area contributed by atoms with E-state index in [0.29, 0.717) is 5.56 Å². The van der Waals surface area contributed by atoms with Crippen LogP contribution in [0.2, 0.25) is 0 Å². The van der Waals surface area contributed by atoms with Crippen molar-refractivity contribution in [3.8, 4) is 0 Å². The van der Waals surface area contributed by atoms with Gasteiger partial charge in [-0.15, -0.1) is 11.6 Å². The molecule has 1 aliphatic heterocycles. The van der Waals surface area contributed by atoms with E-state index in [4.69, 9.17) is 11.6 Å². The van der Waals surface area contributed by atoms with Gasteiger partial charge in [0, 0.05) is 29.5 Å². The van der Waals surface area contributed by atoms with E-state index in [1.807, 2.05) is 30.3 Å². The summed E-state index contributed by atoms with van der Waals surface area (Å²) in [4.78, 5) is 36.8. The van der Waals surface area contributed by atoms with Gasteiger partial charge in [-0.2, -0.15) is 0 Å². The van der Waals surface area contributed by atoms with Crippen molar-refractivity contribution in [1.29, 1.82) is 0 Å². The Morgan fingerprint density at radius 2 is 1.90 bits per heavy atom. The molecule has 1 aliphatic carbocycles. The Balaban J connectivity index is 1.65. The third kappa shape index (κ3) is 4.54. The monoisotopic (exact) mass is 438 g/mol. The number of alkyl halides is 1. The van der Waals surface area contributed by atoms with Crippen molar-refractivity contribution in [2.75, 3.05) is 0 Å². The zero-order chi connectivity index (χ0) is 22.0. The quantitative estimate of drug-likeness (QED) is 0.245. The van der Waals surface area contributed by atoms with Gasteiger partial charge in [0.1, 0.15) is 5.92 Å². The van der Waals surface area contributed by atoms with Crippen LogP contribution < -0.4 is 5.32 Å². The van der Waals surface area contributed by atoms with Gasteiger partial charge in [-0.25, -0.2) is 0 Å². The van der Waals surface area contributed by atoms with E-state index in [-0.39, 0.29) is 40.6 Å². The van der Waals surface area contributed by atoms with Gasteiger partial charge in [-0.1, -0.05) is 48.5 Å². The lowest BCUT2D eigenvalue weighted by atomic mass is 9.64. The highest BCUT2D eigenvalue weighted by atomic mass is 35.5. The van der Waals surface area contributed by atoms with Crippen LogP contribution in [0.25, 0.3) is 6.08 Å². The van der Waals surface area contributed by atoms with Gasteiger partial charge in [0.05, 0.1) is 4.92 Å². The lowest BCUT2D eigenvalue weighted by Crippen LogP contribution is -2.57. The van der Waals surface area contributed by atoms with Crippen molar-refractivity contribution >= 4 is 35.1 Å². The van der Waals surface area contributed by atoms with Crippen molar-refractivity contribution in [2.45, 2.75) is 36.6 Å². The molecule has 0 bridgehead atoms. The van der Waals surface area contributed by atoms with Crippen LogP contribution in [0.3, 0.4) is 0 Å². The second-order valence-corrected chi connectivity index (χ2v) is 8.81. The highest BCUT2D eigenvalue weighted by molar-refractivity contribution is 6.20. The maximum absolute atomic E-state index is 13.2. The Morgan fingerprint density at radius 3 is 2.65 bits per heavy atom. The van der Waals surface area contributed by atoms with Gasteiger partial charge in [0.25, 0.3) is 5.69 Å². The van der Waals surface area contributed by atoms with Crippen LogP contribution >= 0.6 is 11.6 Å². The fraction of sp³-hybridized carbons (Fsp3) is 0.333. The number of amides is 1. The maximum Gasteiger partial charge on any atom is 0.270 e. The number of hydrogen-bond donors (Lipinski definition) is 1. The lowest BCUT2D eigenvalue weighted by molar-refractivity contribution is -0.384. The third-order valence-electron chi connectivity index (χ3n) is 6.28. The first-order chi connectivity index (χ1) is 14.9. The number of rotatable bonds is 5. The first-order valence-electron chi connectivity index (χ1n) is 10.4. The topological polar surface area (TPSA) is 89.3 Å². The van der Waals surface area contributed by atoms with Gasteiger partial charge in [0.2, 0.25) is 5.91 Å². The predicted molar refractivity (Wildman–Crippen MR) is 119 cm³/mol. The molecular weight excluding hydrogens is 416 g/mol. The Kier molecular flexibility index (Phi) is 6.18. The van der Waals surface area contributed by atoms with E-state index in [2.05, 4.69) is 5.32 Å². The fourth-order valence-corrected chi connectivity index (χ4v) is 5.19. The minimum Gasteiger partial charge on any atom is -0.352 e. The second kappa shape index (κ2) is 9.02. The molecule has 5 atom stereocenters. The summed E-state index contributed by atoms with van der Waals surface area (Å²) >= 11 is 6.47. The molecule has 160 valence electrons. The summed E-state index contributed by atoms with van der Waals surface area (Å²) in [6.45, 7) is 0. The third-order valence-corrected chi connectivity index (χ3v) is 6.67. The van der Waals surface area contributed by atoms with Crippen molar-refractivity contribution < 1.29 is 14.5 Å². The number of halogens is 1. The van der Waals surface area contributed by atoms with Gasteiger partial charge in [-0.05, 0) is 42.4 Å². The van der Waals surface area contributed by atoms with Crippen LogP contribution in [0.4, 0.5) is 5.69 Å². The molecule has 0 spiro atoms. The number of carbonyl (C=O) groups excluding carboxylic acids is 2. The highest BCUT2D eigenvalue weighted by Crippen LogP contribution is 2.45. The van der Waals surface area contributed by atoms with Gasteiger partial charge >= 0.3 is 0 Å². The summed E-state index contributed by atoms with van der Waals surface area (Å²) in [6, 6.07) is 15.7. The van der Waals surface area contributed by atoms with Crippen molar-refractivity contribution in [2.24, 2.45) is 11.8 Å². The number of non-ortho nitro benzene ring substituents is 1. The standard InChI is InChI=1S/C24H23ClN2O4/c25-17-10-11-20-19(14-17)22(16-6-2-1-3-7-16)23(24(29)26-20)21(28)12-9-15-5-4-8-18(13-15)27(30)31/h1-9,12-13,17,19-20,22-23H,10-11,14H2,(H,26,29)/b12-9+. The van der Waals surface area contributed by atoms with E-state index in [1.54, 1.807) is 12.1 Å². The molecule has 1 N–H and O–H groups in total. The molecule has 1 saturated carbocycles. The Bertz CT molecular complexity index is 1020. The number of fused-ring (bicyclic) bond motifs is 1. The molecule has 0 radical (unpaired) electrons. The highest BCUT2D eigenvalue weighted by Gasteiger charge is 2.48. The number of nitrogens with zero attached hydrogens (tertiary/aromatic N) is 1. The zero-order valence-corrected chi connectivity index (χ0v) is 17.6. The van der Waals surface area contributed by atoms with Gasteiger partial charge in [0.15, 0.2) is 5.78 Å². The number of nitro benzene ring substituents is 1. The molecule has 1 saturated heterocycles. The number of hydrogen-bond acceptors (Lipinski definition) is 4. The van der Waals surface area contributed by atoms with E-state index in [0.717, 1.165) is 24.8 Å². The zero-order valence-electron chi connectivity index (χ0n) is 16.8. The first kappa shape index (κ1) is 21.2. The van der Waals surface area contributed by atoms with Crippen LogP contribution in [0.1, 0.15) is 36.3 Å². The van der Waals surface area contributed by atoms with Crippen LogP contribution in [0.15, 0.2) is 60.7 Å². The fourth-order valence-electron chi connectivity index (χ4n) is 4.86. The molecule has 1 amide bonds. The predicted octanol–water partition coefficient (Wildman–Crippen LogP) is 4.48. The minimum atomic E-state index is -0.861. The number of carbonyl (C=O) groups is 2. The van der Waals surface area contributed by atoms with Crippen molar-refractivity contribution in [1.82, 2.24) is 5.32 Å². The maximum atomic E-state index is 13.2. The molecule has 31 heavy (non-hydrogen) atoms. The summed E-state index contributed by atoms with van der Waals surface area (Å²) in [5.41, 5.74) is 1.44. The second-order valence-electron chi connectivity index (χ2n) is 8.19. The van der Waals surface area contributed by atoms with E-state index < -0.39 is 10.8 Å². The van der Waals surface area contributed by atoms with E-state index in [1.165, 1.54) is 24.3 Å². The van der Waals surface area contributed by atoms with Crippen LogP contribution in [-0.4, -0.2) is 28.0 Å². The van der Waals surface area contributed by atoms with Crippen molar-refractivity contribution in [3.05, 3.63) is 81.9 Å². The molecule has 2 aromatic rings. The summed E-state index contributed by atoms with van der Waals surface area (Å²) in [6.07, 6.45) is 5.28. The largest absolute Gasteiger partial charge is 0.352 e. The summed E-state index contributed by atoms with van der Waals surface area (Å²) in [5, 5.41) is 14.1. The van der Waals surface area contributed by atoms with Crippen LogP contribution in [0.5, 0.6) is 0 Å². The summed E-state index contributed by atoms with van der Waals surface area (Å²) < 4.78 is 0. The summed E-state index contributed by atoms with van der Waals surface area (Å²) in [7, 11) is 0. The van der Waals surface area contributed by atoms with Crippen molar-refractivity contribution in [3.63, 3.8) is 0 Å². The Labute approximate surface area is 185 Å². The molecule has 0 aromatic heterocycles. The lowest BCUT2D eigenvalue weighted by Gasteiger charge is -2.46. The molecule has 5 unspecified atom stereocenters. The van der Waals surface area contributed by atoms with E-state index in [9.17, 15) is 19.7 Å². The number of benzene rings is 2. The normalized spacial score (nSPS) is 28.0. The molecule has 2 fully saturated rings. The number of allylic oxidation sites excluding steroid dienone is 1. The smallest absolute Gasteiger partial charge is 0.270 e. The molecule has 6 nitrogen and oxygen atoms in total.